The van der Waals surface area contributed by atoms with Crippen molar-refractivity contribution < 1.29 is 48.8 Å². The van der Waals surface area contributed by atoms with Crippen molar-refractivity contribution in [3.05, 3.63) is 64.1 Å². The molecule has 0 radical (unpaired) electrons. The van der Waals surface area contributed by atoms with Crippen LogP contribution in [0.25, 0.3) is 0 Å². The molecule has 0 saturated carbocycles. The van der Waals surface area contributed by atoms with Crippen LogP contribution in [-0.4, -0.2) is 233 Å². The zero-order chi connectivity index (χ0) is 85.4. The minimum atomic E-state index is 0.488. The fourth-order valence-electron chi connectivity index (χ4n) is 26.6. The molecule has 4 aromatic rings. The SMILES string of the molecule is CC(C)[N+]1(C)C2CCC1CC(N)C2.CC(C)[N+]1(C)C2CCC1CNC2.CC(C)[N+]1(C)C2CCCC1CC2.CC(C)[N+]1(C)C2CCCC1CCC2.CC(C)[N+]1(C)CC2CCC1CN2.CC(C)[N+]12CCCC1CCC2.CC(C)[n+]1[nH]cc2c1CCC2.CC(C)[n+]1cc2c(s1)NCC2.CC(C)[n+]1scc2c1CCC2.CC(C)n1cc[n+]2c1COCC2. The van der Waals surface area contributed by atoms with Gasteiger partial charge in [-0.15, -0.1) is 12.6 Å². The number of likely N-dealkylation sites (N-methyl/N-ethyl adjacent to an activating group) is 2. The van der Waals surface area contributed by atoms with E-state index < -0.39 is 0 Å². The lowest BCUT2D eigenvalue weighted by Gasteiger charge is -2.56. The lowest BCUT2D eigenvalue weighted by molar-refractivity contribution is -0.984. The zero-order valence-electron chi connectivity index (χ0n) is 81.1. The number of aromatic amines is 1. The van der Waals surface area contributed by atoms with E-state index in [2.05, 4.69) is 247 Å². The second-order valence-corrected chi connectivity index (χ2v) is 46.0. The first-order valence-corrected chi connectivity index (χ1v) is 51.5. The summed E-state index contributed by atoms with van der Waals surface area (Å²) in [6.07, 6.45) is 51.2. The highest BCUT2D eigenvalue weighted by molar-refractivity contribution is 7.06. The van der Waals surface area contributed by atoms with E-state index in [1.54, 1.807) is 11.3 Å². The van der Waals surface area contributed by atoms with E-state index in [4.69, 9.17) is 10.5 Å². The van der Waals surface area contributed by atoms with Crippen LogP contribution >= 0.6 is 23.1 Å². The van der Waals surface area contributed by atoms with Crippen LogP contribution in [0.2, 0.25) is 0 Å². The zero-order valence-corrected chi connectivity index (χ0v) is 82.7. The van der Waals surface area contributed by atoms with Gasteiger partial charge < -0.3 is 53.3 Å². The summed E-state index contributed by atoms with van der Waals surface area (Å²) in [4.78, 5) is 0. The molecule has 0 amide bonds. The third-order valence-corrected chi connectivity index (χ3v) is 38.0. The van der Waals surface area contributed by atoms with Crippen LogP contribution in [0.5, 0.6) is 0 Å². The largest absolute Gasteiger partial charge is 0.372 e. The minimum absolute atomic E-state index is 0.488. The number of ether oxygens (including phenoxy) is 1. The number of piperazine rings is 2. The molecule has 0 aromatic carbocycles. The van der Waals surface area contributed by atoms with Crippen LogP contribution in [0.4, 0.5) is 5.00 Å². The van der Waals surface area contributed by atoms with E-state index in [9.17, 15) is 0 Å². The molecule has 13 saturated heterocycles. The maximum Gasteiger partial charge on any atom is 0.283 e. The Morgan fingerprint density at radius 1 is 0.483 bits per heavy atom. The topological polar surface area (TPSA) is 108 Å². The minimum Gasteiger partial charge on any atom is -0.372 e. The highest BCUT2D eigenvalue weighted by Crippen LogP contribution is 2.46. The Labute approximate surface area is 732 Å². The van der Waals surface area contributed by atoms with Crippen LogP contribution in [0.3, 0.4) is 0 Å². The number of rotatable bonds is 10. The Balaban J connectivity index is 0.000000129. The predicted octanol–water partition coefficient (Wildman–Crippen LogP) is 17.1. The van der Waals surface area contributed by atoms with Gasteiger partial charge in [0.05, 0.1) is 169 Å². The van der Waals surface area contributed by atoms with Crippen molar-refractivity contribution in [3.8, 4) is 0 Å². The third kappa shape index (κ3) is 20.8. The molecule has 118 heavy (non-hydrogen) atoms. The van der Waals surface area contributed by atoms with E-state index in [1.807, 2.05) is 23.1 Å². The van der Waals surface area contributed by atoms with Gasteiger partial charge in [0.25, 0.3) is 5.82 Å². The molecule has 19 heterocycles. The van der Waals surface area contributed by atoms with Gasteiger partial charge in [0.2, 0.25) is 5.69 Å². The molecule has 13 fully saturated rings. The molecule has 672 valence electrons. The van der Waals surface area contributed by atoms with Gasteiger partial charge in [0, 0.05) is 140 Å². The van der Waals surface area contributed by atoms with E-state index in [0.717, 1.165) is 129 Å². The molecule has 17 nitrogen and oxygen atoms in total. The first kappa shape index (κ1) is 95.7. The van der Waals surface area contributed by atoms with Gasteiger partial charge in [-0.2, -0.15) is 5.10 Å². The van der Waals surface area contributed by atoms with Gasteiger partial charge in [-0.3, -0.25) is 0 Å². The number of piperidine rings is 6. The fraction of sp³-hybridized carbons (Fsp3) is 0.879. The smallest absolute Gasteiger partial charge is 0.283 e. The quantitative estimate of drug-likeness (QED) is 0.0803. The number of nitrogens with zero attached hydrogens (tertiary/aromatic N) is 11. The maximum absolute atomic E-state index is 6.07. The van der Waals surface area contributed by atoms with Crippen molar-refractivity contribution in [2.45, 2.75) is 477 Å². The van der Waals surface area contributed by atoms with E-state index >= 15 is 0 Å². The van der Waals surface area contributed by atoms with Crippen molar-refractivity contribution in [1.29, 1.82) is 0 Å². The highest BCUT2D eigenvalue weighted by atomic mass is 32.1. The number of nitrogens with one attached hydrogen (secondary N) is 4. The number of aryl methyl sites for hydroxylation is 2. The number of aromatic nitrogens is 6. The molecule has 9 atom stereocenters. The summed E-state index contributed by atoms with van der Waals surface area (Å²) in [5.74, 6) is 1.29. The van der Waals surface area contributed by atoms with Gasteiger partial charge in [0.1, 0.15) is 55.2 Å². The van der Waals surface area contributed by atoms with E-state index in [-0.39, 0.29) is 0 Å². The molecule has 10 bridgehead atoms. The van der Waals surface area contributed by atoms with Gasteiger partial charge in [-0.05, 0) is 235 Å². The Bertz CT molecular complexity index is 3480. The first-order valence-electron chi connectivity index (χ1n) is 49.9. The first-order chi connectivity index (χ1) is 56.0. The summed E-state index contributed by atoms with van der Waals surface area (Å²) < 4.78 is 25.1. The Hall–Kier alpha value is -2.92. The number of imidazole rings is 1. The van der Waals surface area contributed by atoms with Gasteiger partial charge in [0.15, 0.2) is 46.5 Å². The Morgan fingerprint density at radius 3 is 1.42 bits per heavy atom. The van der Waals surface area contributed by atoms with Crippen LogP contribution < -0.4 is 38.8 Å². The van der Waals surface area contributed by atoms with Crippen molar-refractivity contribution >= 4 is 28.1 Å². The van der Waals surface area contributed by atoms with E-state index in [0.29, 0.717) is 30.2 Å². The molecule has 9 unspecified atom stereocenters. The average molecular weight is 1680 g/mol. The molecule has 15 aliphatic heterocycles. The van der Waals surface area contributed by atoms with Gasteiger partial charge >= 0.3 is 0 Å². The Morgan fingerprint density at radius 2 is 0.983 bits per heavy atom. The number of hydrogen-bond donors (Lipinski definition) is 5. The van der Waals surface area contributed by atoms with Crippen molar-refractivity contribution in [2.24, 2.45) is 5.73 Å². The van der Waals surface area contributed by atoms with Crippen LogP contribution in [0.1, 0.15) is 357 Å². The lowest BCUT2D eigenvalue weighted by Crippen LogP contribution is -2.71. The number of anilines is 1. The summed E-state index contributed by atoms with van der Waals surface area (Å²) >= 11 is 3.71. The van der Waals surface area contributed by atoms with Crippen molar-refractivity contribution in [1.82, 2.24) is 20.3 Å². The average Bonchev–Trinajstić information content (AvgIpc) is 1.14. The van der Waals surface area contributed by atoms with Crippen LogP contribution in [0.15, 0.2) is 30.2 Å². The van der Waals surface area contributed by atoms with E-state index in [1.165, 1.54) is 286 Å². The number of fused-ring (bicyclic) bond motifs is 16. The molecule has 17 aliphatic rings. The predicted molar refractivity (Wildman–Crippen MR) is 495 cm³/mol. The molecule has 4 aromatic heterocycles. The molecular formula is C99H188N16OS2+10. The highest BCUT2D eigenvalue weighted by Gasteiger charge is 2.55. The second kappa shape index (κ2) is 41.7. The summed E-state index contributed by atoms with van der Waals surface area (Å²) in [7, 11) is 12.3. The third-order valence-electron chi connectivity index (χ3n) is 35.4. The number of nitrogens with two attached hydrogens (primary N) is 1. The standard InChI is InChI=1S/C12H24N.C11H23N2.C11H22N.2C10H21N2.C10H20N.C9H15N2O.C9H14N2.C9H14NS.C8H12N2S/c1-10(2)13(3)11-6-4-7-12(13)9-5-8-11;1-8(2)13(3)10-4-5-11(13)7-9(12)6-10;1-9(2)12(3)10-5-4-6-11(12)8-7-10;1-8(2)12(3)7-9-4-5-10(12)6-11-9;1-8(2)12(3)9-4-5-10(12)7-11-6-9;1-9(2)11-7-3-5-10(11)6-4-8-11;1-8(2)11-4-3-10-5-6-12-7-9(10)11;1-7(2)11-9-5-3-4-8(9)6-10-11;1-7(2)10-9-5-3-4-8(9)6-11-10;1-6(2)10-5-7-3-4-9-8(7)11-10/h10-12H,4-9H2,1-3H3;8-11H,4-7,12H2,1-3H3;9-11H,4-8H2,1-3H3;2*8-11H,4-7H2,1-3H3;9-10H,3-8H2,1-2H3;3-4,8H,5-7H2,1-2H3;2*6-7H,3-5H2,1-2H3;5-6H,3-4H2,1-2H3/q7*+1;;+1;/p+2. The fourth-order valence-corrected chi connectivity index (χ4v) is 28.7. The van der Waals surface area contributed by atoms with Crippen molar-refractivity contribution in [3.63, 3.8) is 0 Å². The summed E-state index contributed by atoms with van der Waals surface area (Å²) in [6, 6.07) is 18.0. The molecule has 2 aliphatic carbocycles. The molecule has 21 rings (SSSR count). The number of quaternary nitrogens is 6. The number of H-pyrrole nitrogens is 1. The number of hydrogen-bond acceptors (Lipinski definition) is 7. The maximum atomic E-state index is 6.07. The molecule has 6 N–H and O–H groups in total. The van der Waals surface area contributed by atoms with Crippen LogP contribution in [0, 0.1) is 0 Å². The normalized spacial score (nSPS) is 34.9. The molecule has 0 spiro atoms. The molecular weight excluding hydrogens is 1490 g/mol. The van der Waals surface area contributed by atoms with Crippen molar-refractivity contribution in [2.75, 3.05) is 93.0 Å². The molecule has 19 heteroatoms. The lowest BCUT2D eigenvalue weighted by atomic mass is 9.80. The Kier molecular flexibility index (Phi) is 33.8. The van der Waals surface area contributed by atoms with Gasteiger partial charge in [-0.1, -0.05) is 0 Å². The monoisotopic (exact) mass is 1680 g/mol. The van der Waals surface area contributed by atoms with Gasteiger partial charge in [-0.25, -0.2) is 9.13 Å². The summed E-state index contributed by atoms with van der Waals surface area (Å²) in [5.41, 5.74) is 13.8. The van der Waals surface area contributed by atoms with Crippen LogP contribution in [-0.2, 0) is 50.0 Å². The summed E-state index contributed by atoms with van der Waals surface area (Å²) in [5, 5.41) is 17.5. The second-order valence-electron chi connectivity index (χ2n) is 44.1. The summed E-state index contributed by atoms with van der Waals surface area (Å²) in [6.45, 7) is 58.1.